The zero-order chi connectivity index (χ0) is 8.53. The number of halogens is 1. The van der Waals surface area contributed by atoms with Crippen LogP contribution in [0.15, 0.2) is 0 Å². The molecule has 0 spiro atoms. The Morgan fingerprint density at radius 3 is 2.64 bits per heavy atom. The summed E-state index contributed by atoms with van der Waals surface area (Å²) in [6.07, 6.45) is 3.44. The molecule has 0 rings (SSSR count). The van der Waals surface area contributed by atoms with Crippen molar-refractivity contribution in [3.05, 3.63) is 0 Å². The molecule has 0 N–H and O–H groups in total. The summed E-state index contributed by atoms with van der Waals surface area (Å²) >= 11 is 5.46. The fourth-order valence-electron chi connectivity index (χ4n) is 0.661. The first-order chi connectivity index (χ1) is 5.31. The van der Waals surface area contributed by atoms with Gasteiger partial charge in [-0.1, -0.05) is 6.92 Å². The van der Waals surface area contributed by atoms with Gasteiger partial charge in [-0.2, -0.15) is 0 Å². The number of esters is 1. The molecule has 0 aromatic heterocycles. The van der Waals surface area contributed by atoms with Crippen LogP contribution in [0.1, 0.15) is 32.6 Å². The van der Waals surface area contributed by atoms with Gasteiger partial charge in [0.1, 0.15) is 0 Å². The molecule has 0 atom stereocenters. The summed E-state index contributed by atoms with van der Waals surface area (Å²) in [5.41, 5.74) is 0. The van der Waals surface area contributed by atoms with E-state index in [1.807, 2.05) is 0 Å². The lowest BCUT2D eigenvalue weighted by Crippen LogP contribution is -2.03. The van der Waals surface area contributed by atoms with Crippen molar-refractivity contribution in [2.75, 3.05) is 12.5 Å². The van der Waals surface area contributed by atoms with Crippen molar-refractivity contribution in [1.82, 2.24) is 0 Å². The predicted octanol–water partition coefficient (Wildman–Crippen LogP) is 2.35. The number of rotatable bonds is 6. The van der Waals surface area contributed by atoms with Crippen molar-refractivity contribution in [2.24, 2.45) is 0 Å². The van der Waals surface area contributed by atoms with Gasteiger partial charge in [-0.25, -0.2) is 0 Å². The van der Waals surface area contributed by atoms with Crippen molar-refractivity contribution in [1.29, 1.82) is 0 Å². The zero-order valence-corrected chi connectivity index (χ0v) is 7.69. The first kappa shape index (κ1) is 10.8. The van der Waals surface area contributed by atoms with Crippen LogP contribution >= 0.6 is 11.6 Å². The number of carbonyl (C=O) groups excluding carboxylic acids is 1. The molecule has 0 aliphatic rings. The largest absolute Gasteiger partial charge is 0.466 e. The van der Waals surface area contributed by atoms with E-state index in [2.05, 4.69) is 0 Å². The first-order valence-electron chi connectivity index (χ1n) is 4.02. The number of unbranched alkanes of at least 4 members (excludes halogenated alkanes) is 2. The molecular formula is C8H15ClO2. The van der Waals surface area contributed by atoms with Crippen molar-refractivity contribution < 1.29 is 9.53 Å². The monoisotopic (exact) mass is 178 g/mol. The second-order valence-corrected chi connectivity index (χ2v) is 2.70. The Morgan fingerprint density at radius 1 is 1.36 bits per heavy atom. The third-order valence-corrected chi connectivity index (χ3v) is 1.60. The Bertz CT molecular complexity index is 104. The first-order valence-corrected chi connectivity index (χ1v) is 4.56. The Labute approximate surface area is 72.9 Å². The molecule has 0 fully saturated rings. The second-order valence-electron chi connectivity index (χ2n) is 2.32. The molecule has 66 valence electrons. The Morgan fingerprint density at radius 2 is 2.09 bits per heavy atom. The van der Waals surface area contributed by atoms with E-state index in [1.54, 1.807) is 6.92 Å². The number of ether oxygens (including phenoxy) is 1. The summed E-state index contributed by atoms with van der Waals surface area (Å²) in [6, 6.07) is 0. The molecule has 2 nitrogen and oxygen atoms in total. The van der Waals surface area contributed by atoms with E-state index in [0.29, 0.717) is 18.9 Å². The third kappa shape index (κ3) is 7.66. The van der Waals surface area contributed by atoms with Gasteiger partial charge in [-0.3, -0.25) is 4.79 Å². The molecule has 0 unspecified atom stereocenters. The van der Waals surface area contributed by atoms with E-state index < -0.39 is 0 Å². The van der Waals surface area contributed by atoms with Gasteiger partial charge in [0.15, 0.2) is 0 Å². The van der Waals surface area contributed by atoms with Crippen LogP contribution in [0.2, 0.25) is 0 Å². The van der Waals surface area contributed by atoms with E-state index in [9.17, 15) is 4.79 Å². The summed E-state index contributed by atoms with van der Waals surface area (Å²) in [7, 11) is 0. The van der Waals surface area contributed by atoms with Gasteiger partial charge in [0.2, 0.25) is 0 Å². The van der Waals surface area contributed by atoms with Crippen LogP contribution in [0.25, 0.3) is 0 Å². The Balaban J connectivity index is 2.95. The van der Waals surface area contributed by atoms with E-state index in [1.165, 1.54) is 0 Å². The lowest BCUT2D eigenvalue weighted by molar-refractivity contribution is -0.143. The summed E-state index contributed by atoms with van der Waals surface area (Å²) < 4.78 is 4.86. The molecule has 0 radical (unpaired) electrons. The fraction of sp³-hybridized carbons (Fsp3) is 0.875. The van der Waals surface area contributed by atoms with Gasteiger partial charge in [0.05, 0.1) is 6.61 Å². The molecule has 0 bridgehead atoms. The zero-order valence-electron chi connectivity index (χ0n) is 6.94. The predicted molar refractivity (Wildman–Crippen MR) is 45.8 cm³/mol. The maximum absolute atomic E-state index is 10.6. The van der Waals surface area contributed by atoms with Crippen LogP contribution in [0.4, 0.5) is 0 Å². The van der Waals surface area contributed by atoms with Crippen LogP contribution in [0.3, 0.4) is 0 Å². The van der Waals surface area contributed by atoms with Gasteiger partial charge in [-0.05, 0) is 19.3 Å². The molecule has 0 heterocycles. The lowest BCUT2D eigenvalue weighted by Gasteiger charge is -2.01. The van der Waals surface area contributed by atoms with Gasteiger partial charge < -0.3 is 4.74 Å². The van der Waals surface area contributed by atoms with Gasteiger partial charge in [0.25, 0.3) is 0 Å². The molecule has 0 saturated carbocycles. The Hall–Kier alpha value is -0.240. The van der Waals surface area contributed by atoms with Gasteiger partial charge in [-0.15, -0.1) is 11.6 Å². The van der Waals surface area contributed by atoms with Crippen LogP contribution in [0.5, 0.6) is 0 Å². The van der Waals surface area contributed by atoms with E-state index >= 15 is 0 Å². The van der Waals surface area contributed by atoms with E-state index in [4.69, 9.17) is 16.3 Å². The average Bonchev–Trinajstić information content (AvgIpc) is 2.04. The van der Waals surface area contributed by atoms with Crippen LogP contribution in [-0.2, 0) is 9.53 Å². The standard InChI is InChI=1S/C8H15ClO2/c1-2-8(10)11-7-5-3-4-6-9/h2-7H2,1H3. The minimum atomic E-state index is -0.115. The normalized spacial score (nSPS) is 9.64. The molecule has 0 aromatic carbocycles. The highest BCUT2D eigenvalue weighted by Crippen LogP contribution is 1.97. The van der Waals surface area contributed by atoms with Crippen molar-refractivity contribution >= 4 is 17.6 Å². The topological polar surface area (TPSA) is 26.3 Å². The number of hydrogen-bond acceptors (Lipinski definition) is 2. The van der Waals surface area contributed by atoms with Crippen molar-refractivity contribution in [2.45, 2.75) is 32.6 Å². The van der Waals surface area contributed by atoms with Gasteiger partial charge in [0, 0.05) is 12.3 Å². The molecule has 0 saturated heterocycles. The molecule has 0 aromatic rings. The third-order valence-electron chi connectivity index (χ3n) is 1.33. The smallest absolute Gasteiger partial charge is 0.305 e. The van der Waals surface area contributed by atoms with Crippen LogP contribution < -0.4 is 0 Å². The maximum atomic E-state index is 10.6. The Kier molecular flexibility index (Phi) is 7.69. The SMILES string of the molecule is CCC(=O)OCCCCCCl. The highest BCUT2D eigenvalue weighted by molar-refractivity contribution is 6.17. The molecule has 0 aliphatic heterocycles. The van der Waals surface area contributed by atoms with Gasteiger partial charge >= 0.3 is 5.97 Å². The summed E-state index contributed by atoms with van der Waals surface area (Å²) in [6.45, 7) is 2.34. The quantitative estimate of drug-likeness (QED) is 0.355. The average molecular weight is 179 g/mol. The lowest BCUT2D eigenvalue weighted by atomic mass is 10.3. The van der Waals surface area contributed by atoms with Crippen molar-refractivity contribution in [3.63, 3.8) is 0 Å². The molecule has 11 heavy (non-hydrogen) atoms. The number of alkyl halides is 1. The van der Waals surface area contributed by atoms with Crippen LogP contribution in [0, 0.1) is 0 Å². The summed E-state index contributed by atoms with van der Waals surface area (Å²) in [4.78, 5) is 10.6. The highest BCUT2D eigenvalue weighted by atomic mass is 35.5. The van der Waals surface area contributed by atoms with E-state index in [0.717, 1.165) is 19.3 Å². The highest BCUT2D eigenvalue weighted by Gasteiger charge is 1.96. The van der Waals surface area contributed by atoms with Crippen molar-refractivity contribution in [3.8, 4) is 0 Å². The fourth-order valence-corrected chi connectivity index (χ4v) is 0.850. The minimum Gasteiger partial charge on any atom is -0.466 e. The molecule has 0 aliphatic carbocycles. The maximum Gasteiger partial charge on any atom is 0.305 e. The number of carbonyl (C=O) groups is 1. The molecule has 3 heteroatoms. The number of hydrogen-bond donors (Lipinski definition) is 0. The molecule has 0 amide bonds. The minimum absolute atomic E-state index is 0.115. The summed E-state index contributed by atoms with van der Waals surface area (Å²) in [5, 5.41) is 0. The molecular weight excluding hydrogens is 164 g/mol. The van der Waals surface area contributed by atoms with Crippen LogP contribution in [-0.4, -0.2) is 18.5 Å². The van der Waals surface area contributed by atoms with E-state index in [-0.39, 0.29) is 5.97 Å². The summed E-state index contributed by atoms with van der Waals surface area (Å²) in [5.74, 6) is 0.581. The second kappa shape index (κ2) is 7.86.